The number of methoxy groups -OCH3 is 1. The van der Waals surface area contributed by atoms with Crippen LogP contribution >= 0.6 is 0 Å². The van der Waals surface area contributed by atoms with Crippen molar-refractivity contribution in [2.24, 2.45) is 5.92 Å². The number of nitrogens with zero attached hydrogens (tertiary/aromatic N) is 3. The molecule has 0 bridgehead atoms. The third kappa shape index (κ3) is 4.77. The summed E-state index contributed by atoms with van der Waals surface area (Å²) in [6, 6.07) is 16.0. The highest BCUT2D eigenvalue weighted by atomic mass is 16.5. The molecule has 6 heteroatoms. The molecular weight excluding hydrogens is 364 g/mol. The van der Waals surface area contributed by atoms with E-state index in [1.807, 2.05) is 42.7 Å². The van der Waals surface area contributed by atoms with Gasteiger partial charge in [0, 0.05) is 25.6 Å². The summed E-state index contributed by atoms with van der Waals surface area (Å²) in [5.41, 5.74) is 3.31. The van der Waals surface area contributed by atoms with Crippen molar-refractivity contribution < 1.29 is 9.53 Å². The highest BCUT2D eigenvalue weighted by molar-refractivity contribution is 5.78. The van der Waals surface area contributed by atoms with E-state index in [0.717, 1.165) is 55.9 Å². The van der Waals surface area contributed by atoms with Crippen LogP contribution in [0.4, 0.5) is 0 Å². The van der Waals surface area contributed by atoms with Gasteiger partial charge in [-0.2, -0.15) is 0 Å². The van der Waals surface area contributed by atoms with Crippen LogP contribution in [0.1, 0.15) is 18.4 Å². The van der Waals surface area contributed by atoms with Crippen LogP contribution in [0.5, 0.6) is 5.75 Å². The van der Waals surface area contributed by atoms with E-state index in [4.69, 9.17) is 4.74 Å². The van der Waals surface area contributed by atoms with Gasteiger partial charge in [0.2, 0.25) is 5.91 Å². The minimum atomic E-state index is 0.110. The zero-order chi connectivity index (χ0) is 20.1. The van der Waals surface area contributed by atoms with Crippen LogP contribution in [0.2, 0.25) is 0 Å². The molecule has 1 aliphatic rings. The molecule has 6 nitrogen and oxygen atoms in total. The number of aromatic nitrogens is 2. The van der Waals surface area contributed by atoms with Gasteiger partial charge in [0.05, 0.1) is 24.5 Å². The quantitative estimate of drug-likeness (QED) is 0.671. The van der Waals surface area contributed by atoms with Crippen molar-refractivity contribution >= 4 is 16.9 Å². The Morgan fingerprint density at radius 2 is 1.86 bits per heavy atom. The standard InChI is InChI=1S/C23H28N4O2/c1-29-20-8-6-18(7-9-20)16-24-23(28)19-10-12-26(13-11-19)14-15-27-17-25-21-4-2-3-5-22(21)27/h2-9,17,19H,10-16H2,1H3,(H,24,28). The second-order valence-corrected chi connectivity index (χ2v) is 7.61. The first-order valence-corrected chi connectivity index (χ1v) is 10.3. The van der Waals surface area contributed by atoms with Crippen LogP contribution in [-0.2, 0) is 17.9 Å². The molecule has 0 unspecified atom stereocenters. The molecular formula is C23H28N4O2. The average molecular weight is 393 g/mol. The highest BCUT2D eigenvalue weighted by Crippen LogP contribution is 2.19. The predicted molar refractivity (Wildman–Crippen MR) is 114 cm³/mol. The largest absolute Gasteiger partial charge is 0.497 e. The Morgan fingerprint density at radius 1 is 1.10 bits per heavy atom. The molecule has 0 spiro atoms. The zero-order valence-electron chi connectivity index (χ0n) is 16.9. The lowest BCUT2D eigenvalue weighted by Crippen LogP contribution is -2.41. The number of hydrogen-bond donors (Lipinski definition) is 1. The molecule has 29 heavy (non-hydrogen) atoms. The van der Waals surface area contributed by atoms with Gasteiger partial charge in [-0.15, -0.1) is 0 Å². The number of ether oxygens (including phenoxy) is 1. The number of nitrogens with one attached hydrogen (secondary N) is 1. The summed E-state index contributed by atoms with van der Waals surface area (Å²) in [4.78, 5) is 19.4. The van der Waals surface area contributed by atoms with Crippen molar-refractivity contribution in [2.45, 2.75) is 25.9 Å². The molecule has 2 aromatic carbocycles. The molecule has 1 saturated heterocycles. The van der Waals surface area contributed by atoms with E-state index in [1.165, 1.54) is 5.52 Å². The lowest BCUT2D eigenvalue weighted by Gasteiger charge is -2.31. The molecule has 2 heterocycles. The number of benzene rings is 2. The minimum absolute atomic E-state index is 0.110. The Morgan fingerprint density at radius 3 is 2.62 bits per heavy atom. The first kappa shape index (κ1) is 19.5. The third-order valence-electron chi connectivity index (χ3n) is 5.77. The van der Waals surface area contributed by atoms with E-state index < -0.39 is 0 Å². The van der Waals surface area contributed by atoms with E-state index in [1.54, 1.807) is 7.11 Å². The predicted octanol–water partition coefficient (Wildman–Crippen LogP) is 3.07. The van der Waals surface area contributed by atoms with Crippen LogP contribution in [0.25, 0.3) is 11.0 Å². The summed E-state index contributed by atoms with van der Waals surface area (Å²) < 4.78 is 7.38. The summed E-state index contributed by atoms with van der Waals surface area (Å²) in [5.74, 6) is 1.11. The van der Waals surface area contributed by atoms with Gasteiger partial charge >= 0.3 is 0 Å². The van der Waals surface area contributed by atoms with E-state index in [0.29, 0.717) is 6.54 Å². The lowest BCUT2D eigenvalue weighted by molar-refractivity contribution is -0.126. The van der Waals surface area contributed by atoms with Crippen molar-refractivity contribution in [2.75, 3.05) is 26.7 Å². The molecule has 1 N–H and O–H groups in total. The monoisotopic (exact) mass is 392 g/mol. The first-order chi connectivity index (χ1) is 14.2. The second kappa shape index (κ2) is 9.09. The topological polar surface area (TPSA) is 59.4 Å². The number of amides is 1. The van der Waals surface area contributed by atoms with Crippen LogP contribution in [0.15, 0.2) is 54.9 Å². The fraction of sp³-hybridized carbons (Fsp3) is 0.391. The van der Waals surface area contributed by atoms with Crippen LogP contribution in [-0.4, -0.2) is 47.1 Å². The Kier molecular flexibility index (Phi) is 6.10. The van der Waals surface area contributed by atoms with E-state index in [9.17, 15) is 4.79 Å². The Labute approximate surface area is 171 Å². The molecule has 0 radical (unpaired) electrons. The fourth-order valence-electron chi connectivity index (χ4n) is 3.93. The number of piperidine rings is 1. The van der Waals surface area contributed by atoms with Gasteiger partial charge in [0.1, 0.15) is 5.75 Å². The highest BCUT2D eigenvalue weighted by Gasteiger charge is 2.24. The molecule has 0 saturated carbocycles. The van der Waals surface area contributed by atoms with Crippen molar-refractivity contribution in [3.05, 3.63) is 60.4 Å². The number of rotatable bonds is 7. The van der Waals surface area contributed by atoms with Crippen molar-refractivity contribution in [1.82, 2.24) is 19.8 Å². The normalized spacial score (nSPS) is 15.5. The number of likely N-dealkylation sites (tertiary alicyclic amines) is 1. The van der Waals surface area contributed by atoms with Gasteiger partial charge in [0.25, 0.3) is 0 Å². The maximum Gasteiger partial charge on any atom is 0.223 e. The summed E-state index contributed by atoms with van der Waals surface area (Å²) in [7, 11) is 1.65. The van der Waals surface area contributed by atoms with Crippen molar-refractivity contribution in [1.29, 1.82) is 0 Å². The van der Waals surface area contributed by atoms with E-state index in [-0.39, 0.29) is 11.8 Å². The summed E-state index contributed by atoms with van der Waals surface area (Å²) in [6.07, 6.45) is 3.75. The number of carbonyl (C=O) groups is 1. The molecule has 3 aromatic rings. The van der Waals surface area contributed by atoms with Gasteiger partial charge in [-0.1, -0.05) is 24.3 Å². The number of hydrogen-bond acceptors (Lipinski definition) is 4. The first-order valence-electron chi connectivity index (χ1n) is 10.3. The minimum Gasteiger partial charge on any atom is -0.497 e. The van der Waals surface area contributed by atoms with Gasteiger partial charge in [-0.3, -0.25) is 4.79 Å². The van der Waals surface area contributed by atoms with Gasteiger partial charge in [-0.25, -0.2) is 4.98 Å². The molecule has 152 valence electrons. The molecule has 0 aliphatic carbocycles. The van der Waals surface area contributed by atoms with E-state index in [2.05, 4.69) is 31.9 Å². The van der Waals surface area contributed by atoms with Gasteiger partial charge < -0.3 is 19.5 Å². The smallest absolute Gasteiger partial charge is 0.223 e. The maximum atomic E-state index is 12.5. The molecule has 1 aromatic heterocycles. The van der Waals surface area contributed by atoms with Crippen LogP contribution in [0.3, 0.4) is 0 Å². The average Bonchev–Trinajstić information content (AvgIpc) is 3.20. The lowest BCUT2D eigenvalue weighted by atomic mass is 9.96. The maximum absolute atomic E-state index is 12.5. The Hall–Kier alpha value is -2.86. The van der Waals surface area contributed by atoms with E-state index >= 15 is 0 Å². The van der Waals surface area contributed by atoms with Crippen molar-refractivity contribution in [3.8, 4) is 5.75 Å². The SMILES string of the molecule is COc1ccc(CNC(=O)C2CCN(CCn3cnc4ccccc43)CC2)cc1. The number of fused-ring (bicyclic) bond motifs is 1. The Balaban J connectivity index is 1.21. The fourth-order valence-corrected chi connectivity index (χ4v) is 3.93. The summed E-state index contributed by atoms with van der Waals surface area (Å²) >= 11 is 0. The van der Waals surface area contributed by atoms with Crippen LogP contribution in [0, 0.1) is 5.92 Å². The summed E-state index contributed by atoms with van der Waals surface area (Å²) in [5, 5.41) is 3.08. The molecule has 4 rings (SSSR count). The summed E-state index contributed by atoms with van der Waals surface area (Å²) in [6.45, 7) is 4.41. The third-order valence-corrected chi connectivity index (χ3v) is 5.77. The number of carbonyl (C=O) groups excluding carboxylic acids is 1. The number of para-hydroxylation sites is 2. The molecule has 1 amide bonds. The molecule has 0 atom stereocenters. The Bertz CT molecular complexity index is 943. The van der Waals surface area contributed by atoms with Crippen molar-refractivity contribution in [3.63, 3.8) is 0 Å². The van der Waals surface area contributed by atoms with Crippen LogP contribution < -0.4 is 10.1 Å². The molecule has 1 aliphatic heterocycles. The van der Waals surface area contributed by atoms with Gasteiger partial charge in [0.15, 0.2) is 0 Å². The number of imidazole rings is 1. The zero-order valence-corrected chi connectivity index (χ0v) is 16.9. The van der Waals surface area contributed by atoms with Gasteiger partial charge in [-0.05, 0) is 55.8 Å². The molecule has 1 fully saturated rings. The second-order valence-electron chi connectivity index (χ2n) is 7.61.